The van der Waals surface area contributed by atoms with Gasteiger partial charge in [-0.15, -0.1) is 0 Å². The maximum Gasteiger partial charge on any atom is 0.323 e. The molecule has 0 unspecified atom stereocenters. The number of ether oxygens (including phenoxy) is 1. The van der Waals surface area contributed by atoms with Gasteiger partial charge in [-0.1, -0.05) is 26.7 Å². The smallest absolute Gasteiger partial charge is 0.323 e. The predicted molar refractivity (Wildman–Crippen MR) is 64.7 cm³/mol. The standard InChI is InChI=1S/C12H25NO3/c1-4-7-12(8-5-2,11(14)15)13-9-10-16-6-3/h13H,4-10H2,1-3H3,(H,14,15). The minimum absolute atomic E-state index is 0.568. The molecule has 0 radical (unpaired) electrons. The van der Waals surface area contributed by atoms with Crippen LogP contribution in [0.3, 0.4) is 0 Å². The molecule has 0 aromatic rings. The molecular formula is C12H25NO3. The zero-order valence-electron chi connectivity index (χ0n) is 10.7. The van der Waals surface area contributed by atoms with E-state index < -0.39 is 11.5 Å². The molecule has 0 aliphatic rings. The number of rotatable bonds is 10. The van der Waals surface area contributed by atoms with Crippen LogP contribution in [-0.2, 0) is 9.53 Å². The molecule has 0 fully saturated rings. The fraction of sp³-hybridized carbons (Fsp3) is 0.917. The summed E-state index contributed by atoms with van der Waals surface area (Å²) in [6, 6.07) is 0. The zero-order chi connectivity index (χ0) is 12.4. The van der Waals surface area contributed by atoms with Crippen molar-refractivity contribution < 1.29 is 14.6 Å². The molecule has 2 N–H and O–H groups in total. The third-order valence-electron chi connectivity index (χ3n) is 2.68. The summed E-state index contributed by atoms with van der Waals surface area (Å²) in [5.74, 6) is -0.743. The second-order valence-corrected chi connectivity index (χ2v) is 4.01. The molecule has 0 rings (SSSR count). The molecule has 16 heavy (non-hydrogen) atoms. The van der Waals surface area contributed by atoms with Crippen LogP contribution in [-0.4, -0.2) is 36.4 Å². The van der Waals surface area contributed by atoms with Gasteiger partial charge in [0.2, 0.25) is 0 Å². The van der Waals surface area contributed by atoms with Gasteiger partial charge >= 0.3 is 5.97 Å². The van der Waals surface area contributed by atoms with E-state index in [2.05, 4.69) is 5.32 Å². The fourth-order valence-corrected chi connectivity index (χ4v) is 1.95. The highest BCUT2D eigenvalue weighted by molar-refractivity contribution is 5.78. The lowest BCUT2D eigenvalue weighted by atomic mass is 9.88. The molecule has 96 valence electrons. The number of nitrogens with one attached hydrogen (secondary N) is 1. The van der Waals surface area contributed by atoms with Gasteiger partial charge in [0.1, 0.15) is 5.54 Å². The van der Waals surface area contributed by atoms with Gasteiger partial charge < -0.3 is 9.84 Å². The first-order chi connectivity index (χ1) is 7.63. The lowest BCUT2D eigenvalue weighted by Gasteiger charge is -2.30. The Labute approximate surface area is 98.4 Å². The highest BCUT2D eigenvalue weighted by Gasteiger charge is 2.35. The van der Waals surface area contributed by atoms with E-state index in [0.29, 0.717) is 32.6 Å². The molecule has 0 bridgehead atoms. The van der Waals surface area contributed by atoms with Gasteiger partial charge in [-0.2, -0.15) is 0 Å². The highest BCUT2D eigenvalue weighted by atomic mass is 16.5. The number of carboxylic acids is 1. The van der Waals surface area contributed by atoms with Crippen LogP contribution in [0.15, 0.2) is 0 Å². The summed E-state index contributed by atoms with van der Waals surface area (Å²) in [7, 11) is 0. The molecular weight excluding hydrogens is 206 g/mol. The van der Waals surface area contributed by atoms with Crippen molar-refractivity contribution in [2.75, 3.05) is 19.8 Å². The minimum Gasteiger partial charge on any atom is -0.480 e. The molecule has 0 heterocycles. The second kappa shape index (κ2) is 8.53. The van der Waals surface area contributed by atoms with Crippen molar-refractivity contribution >= 4 is 5.97 Å². The van der Waals surface area contributed by atoms with Crippen molar-refractivity contribution in [1.29, 1.82) is 0 Å². The third-order valence-corrected chi connectivity index (χ3v) is 2.68. The van der Waals surface area contributed by atoms with Crippen molar-refractivity contribution in [2.24, 2.45) is 0 Å². The van der Waals surface area contributed by atoms with Crippen LogP contribution < -0.4 is 5.32 Å². The van der Waals surface area contributed by atoms with Gasteiger partial charge in [-0.05, 0) is 19.8 Å². The lowest BCUT2D eigenvalue weighted by Crippen LogP contribution is -2.53. The minimum atomic E-state index is -0.763. The summed E-state index contributed by atoms with van der Waals surface area (Å²) in [6.45, 7) is 7.79. The quantitative estimate of drug-likeness (QED) is 0.565. The molecule has 0 aromatic carbocycles. The second-order valence-electron chi connectivity index (χ2n) is 4.01. The number of carbonyl (C=O) groups is 1. The van der Waals surface area contributed by atoms with Gasteiger partial charge in [0, 0.05) is 13.2 Å². The monoisotopic (exact) mass is 231 g/mol. The van der Waals surface area contributed by atoms with Gasteiger partial charge in [-0.25, -0.2) is 0 Å². The normalized spacial score (nSPS) is 11.7. The average Bonchev–Trinajstić information content (AvgIpc) is 2.24. The molecule has 4 nitrogen and oxygen atoms in total. The first-order valence-electron chi connectivity index (χ1n) is 6.19. The van der Waals surface area contributed by atoms with E-state index in [0.717, 1.165) is 12.8 Å². The first-order valence-corrected chi connectivity index (χ1v) is 6.19. The van der Waals surface area contributed by atoms with E-state index in [4.69, 9.17) is 4.74 Å². The fourth-order valence-electron chi connectivity index (χ4n) is 1.95. The van der Waals surface area contributed by atoms with E-state index >= 15 is 0 Å². The number of hydrogen-bond donors (Lipinski definition) is 2. The van der Waals surface area contributed by atoms with Crippen LogP contribution in [0.4, 0.5) is 0 Å². The van der Waals surface area contributed by atoms with E-state index in [1.54, 1.807) is 0 Å². The van der Waals surface area contributed by atoms with Crippen molar-refractivity contribution in [3.05, 3.63) is 0 Å². The van der Waals surface area contributed by atoms with Crippen LogP contribution in [0.1, 0.15) is 46.5 Å². The average molecular weight is 231 g/mol. The molecule has 0 atom stereocenters. The van der Waals surface area contributed by atoms with Gasteiger partial charge in [0.15, 0.2) is 0 Å². The van der Waals surface area contributed by atoms with E-state index in [-0.39, 0.29) is 0 Å². The highest BCUT2D eigenvalue weighted by Crippen LogP contribution is 2.19. The maximum absolute atomic E-state index is 11.4. The third kappa shape index (κ3) is 4.94. The van der Waals surface area contributed by atoms with Gasteiger partial charge in [-0.3, -0.25) is 10.1 Å². The number of carboxylic acid groups (broad SMARTS) is 1. The molecule has 0 amide bonds. The van der Waals surface area contributed by atoms with Crippen LogP contribution in [0.2, 0.25) is 0 Å². The zero-order valence-corrected chi connectivity index (χ0v) is 10.7. The van der Waals surface area contributed by atoms with Crippen LogP contribution in [0.5, 0.6) is 0 Å². The summed E-state index contributed by atoms with van der Waals surface area (Å²) in [4.78, 5) is 11.4. The summed E-state index contributed by atoms with van der Waals surface area (Å²) in [6.07, 6.45) is 3.08. The summed E-state index contributed by atoms with van der Waals surface area (Å²) < 4.78 is 5.21. The van der Waals surface area contributed by atoms with E-state index in [1.807, 2.05) is 20.8 Å². The van der Waals surface area contributed by atoms with Gasteiger partial charge in [0.25, 0.3) is 0 Å². The Bertz CT molecular complexity index is 189. The lowest BCUT2D eigenvalue weighted by molar-refractivity contribution is -0.145. The summed E-state index contributed by atoms with van der Waals surface area (Å²) >= 11 is 0. The van der Waals surface area contributed by atoms with Crippen molar-refractivity contribution in [2.45, 2.75) is 52.0 Å². The van der Waals surface area contributed by atoms with Crippen molar-refractivity contribution in [3.8, 4) is 0 Å². The Hall–Kier alpha value is -0.610. The first kappa shape index (κ1) is 15.4. The van der Waals surface area contributed by atoms with Crippen molar-refractivity contribution in [1.82, 2.24) is 5.32 Å². The summed E-state index contributed by atoms with van der Waals surface area (Å²) in [5, 5.41) is 12.5. The van der Waals surface area contributed by atoms with E-state index in [9.17, 15) is 9.90 Å². The number of aliphatic carboxylic acids is 1. The molecule has 0 saturated carbocycles. The molecule has 0 saturated heterocycles. The maximum atomic E-state index is 11.4. The Balaban J connectivity index is 4.30. The topological polar surface area (TPSA) is 58.6 Å². The van der Waals surface area contributed by atoms with Crippen molar-refractivity contribution in [3.63, 3.8) is 0 Å². The molecule has 0 aromatic heterocycles. The Morgan fingerprint density at radius 2 is 1.81 bits per heavy atom. The predicted octanol–water partition coefficient (Wildman–Crippen LogP) is 2.04. The van der Waals surface area contributed by atoms with E-state index in [1.165, 1.54) is 0 Å². The molecule has 0 spiro atoms. The van der Waals surface area contributed by atoms with Gasteiger partial charge in [0.05, 0.1) is 6.61 Å². The Morgan fingerprint density at radius 1 is 1.25 bits per heavy atom. The summed E-state index contributed by atoms with van der Waals surface area (Å²) in [5.41, 5.74) is -0.763. The SMILES string of the molecule is CCCC(CCC)(NCCOCC)C(=O)O. The van der Waals surface area contributed by atoms with Crippen LogP contribution in [0.25, 0.3) is 0 Å². The van der Waals surface area contributed by atoms with Crippen LogP contribution >= 0.6 is 0 Å². The Morgan fingerprint density at radius 3 is 2.19 bits per heavy atom. The Kier molecular flexibility index (Phi) is 8.21. The largest absolute Gasteiger partial charge is 0.480 e. The molecule has 0 aliphatic heterocycles. The molecule has 4 heteroatoms. The number of hydrogen-bond acceptors (Lipinski definition) is 3. The molecule has 0 aliphatic carbocycles. The van der Waals surface area contributed by atoms with Crippen LogP contribution in [0, 0.1) is 0 Å².